The highest BCUT2D eigenvalue weighted by Gasteiger charge is 2.92. The molecule has 0 heterocycles. The Morgan fingerprint density at radius 2 is 0.612 bits per heavy atom. The molecule has 0 spiro atoms. The first-order valence-electron chi connectivity index (χ1n) is 11.7. The largest absolute Gasteiger partial charge is 0.460 e. The van der Waals surface area contributed by atoms with Gasteiger partial charge in [0.1, 0.15) is 6.10 Å². The minimum atomic E-state index is -8.45. The first-order chi connectivity index (χ1) is 21.0. The fourth-order valence-corrected chi connectivity index (χ4v) is 3.62. The standard InChI is InChI=1S/C20H16F26O3/c1-49-8(7(48)6-47,2-4-9(21,22)11(25,26)13(29,30)15(33,34)17(37,38)19(41,42)43)3-5-10(23,24)12(27,28)14(31,32)16(35,36)18(39,40)20(44,45)46/h7,47-48H,2-6H2,1H3. The summed E-state index contributed by atoms with van der Waals surface area (Å²) in [4.78, 5) is 0. The lowest BCUT2D eigenvalue weighted by atomic mass is 9.81. The molecule has 296 valence electrons. The minimum Gasteiger partial charge on any atom is -0.394 e. The molecule has 0 saturated carbocycles. The predicted octanol–water partition coefficient (Wildman–Crippen LogP) is 8.76. The van der Waals surface area contributed by atoms with Crippen molar-refractivity contribution in [3.05, 3.63) is 0 Å². The Bertz CT molecular complexity index is 1040. The second kappa shape index (κ2) is 12.9. The summed E-state index contributed by atoms with van der Waals surface area (Å²) >= 11 is 0. The summed E-state index contributed by atoms with van der Waals surface area (Å²) in [6, 6.07) is 0. The highest BCUT2D eigenvalue weighted by Crippen LogP contribution is 2.63. The van der Waals surface area contributed by atoms with Gasteiger partial charge in [0.05, 0.1) is 12.2 Å². The summed E-state index contributed by atoms with van der Waals surface area (Å²) in [5.41, 5.74) is -3.99. The summed E-state index contributed by atoms with van der Waals surface area (Å²) in [6.45, 7) is -2.16. The van der Waals surface area contributed by atoms with E-state index in [1.807, 2.05) is 0 Å². The third kappa shape index (κ3) is 7.00. The van der Waals surface area contributed by atoms with Crippen molar-refractivity contribution in [2.45, 2.75) is 109 Å². The van der Waals surface area contributed by atoms with Crippen LogP contribution in [0.3, 0.4) is 0 Å². The molecule has 0 aliphatic heterocycles. The van der Waals surface area contributed by atoms with Gasteiger partial charge in [-0.1, -0.05) is 0 Å². The van der Waals surface area contributed by atoms with Gasteiger partial charge in [0.2, 0.25) is 0 Å². The summed E-state index contributed by atoms with van der Waals surface area (Å²) in [6.07, 6.45) is -31.4. The van der Waals surface area contributed by atoms with Gasteiger partial charge in [0, 0.05) is 20.0 Å². The van der Waals surface area contributed by atoms with Crippen molar-refractivity contribution in [3.63, 3.8) is 0 Å². The van der Waals surface area contributed by atoms with E-state index in [2.05, 4.69) is 4.74 Å². The second-order valence-electron chi connectivity index (χ2n) is 9.97. The molecule has 3 nitrogen and oxygen atoms in total. The molecule has 0 radical (unpaired) electrons. The van der Waals surface area contributed by atoms with Gasteiger partial charge in [-0.3, -0.25) is 0 Å². The molecule has 0 aliphatic carbocycles. The van der Waals surface area contributed by atoms with Crippen molar-refractivity contribution >= 4 is 0 Å². The molecule has 29 heteroatoms. The van der Waals surface area contributed by atoms with E-state index in [0.29, 0.717) is 0 Å². The topological polar surface area (TPSA) is 49.7 Å². The summed E-state index contributed by atoms with van der Waals surface area (Å²) in [7, 11) is -0.106. The average molecular weight is 798 g/mol. The maximum absolute atomic E-state index is 14.2. The Kier molecular flexibility index (Phi) is 12.4. The van der Waals surface area contributed by atoms with E-state index in [-0.39, 0.29) is 7.11 Å². The number of aliphatic hydroxyl groups is 2. The Morgan fingerprint density at radius 3 is 0.796 bits per heavy atom. The van der Waals surface area contributed by atoms with E-state index in [1.54, 1.807) is 0 Å². The van der Waals surface area contributed by atoms with Crippen molar-refractivity contribution < 1.29 is 129 Å². The predicted molar refractivity (Wildman–Crippen MR) is 103 cm³/mol. The number of methoxy groups -OCH3 is 1. The van der Waals surface area contributed by atoms with Crippen molar-refractivity contribution in [2.75, 3.05) is 13.7 Å². The van der Waals surface area contributed by atoms with Crippen LogP contribution in [0.5, 0.6) is 0 Å². The van der Waals surface area contributed by atoms with E-state index in [1.165, 1.54) is 0 Å². The van der Waals surface area contributed by atoms with Crippen molar-refractivity contribution in [2.24, 2.45) is 0 Å². The number of halogens is 26. The van der Waals surface area contributed by atoms with Crippen LogP contribution in [0.4, 0.5) is 114 Å². The number of alkyl halides is 26. The van der Waals surface area contributed by atoms with E-state index in [9.17, 15) is 119 Å². The van der Waals surface area contributed by atoms with Gasteiger partial charge in [0.15, 0.2) is 0 Å². The van der Waals surface area contributed by atoms with Crippen LogP contribution in [0.1, 0.15) is 25.7 Å². The van der Waals surface area contributed by atoms with Gasteiger partial charge in [-0.05, 0) is 12.8 Å². The lowest BCUT2D eigenvalue weighted by Gasteiger charge is -2.43. The summed E-state index contributed by atoms with van der Waals surface area (Å²) in [5, 5.41) is 18.7. The van der Waals surface area contributed by atoms with Crippen molar-refractivity contribution in [3.8, 4) is 0 Å². The first kappa shape index (κ1) is 47.1. The van der Waals surface area contributed by atoms with Crippen molar-refractivity contribution in [1.82, 2.24) is 0 Å². The maximum Gasteiger partial charge on any atom is 0.460 e. The molecule has 0 saturated heterocycles. The molecule has 0 aromatic rings. The van der Waals surface area contributed by atoms with Gasteiger partial charge in [-0.15, -0.1) is 0 Å². The highest BCUT2D eigenvalue weighted by molar-refractivity contribution is 5.12. The number of hydrogen-bond donors (Lipinski definition) is 2. The molecule has 1 unspecified atom stereocenters. The number of rotatable bonds is 17. The van der Waals surface area contributed by atoms with Gasteiger partial charge in [0.25, 0.3) is 0 Å². The SMILES string of the molecule is COC(CCC(F)(F)C(F)(F)C(F)(F)C(F)(F)C(F)(F)C(F)(F)F)(CCC(F)(F)C(F)(F)C(F)(F)C(F)(F)C(F)(F)C(F)(F)F)C(O)CO. The molecule has 0 rings (SSSR count). The third-order valence-electron chi connectivity index (χ3n) is 6.91. The maximum atomic E-state index is 14.2. The minimum absolute atomic E-state index is 0.106. The summed E-state index contributed by atoms with van der Waals surface area (Å²) < 4.78 is 350. The molecule has 0 fully saturated rings. The molecular formula is C20H16F26O3. The zero-order valence-corrected chi connectivity index (χ0v) is 22.7. The zero-order chi connectivity index (χ0) is 40.3. The van der Waals surface area contributed by atoms with E-state index < -0.39 is 116 Å². The molecule has 0 bridgehead atoms. The second-order valence-corrected chi connectivity index (χ2v) is 9.97. The van der Waals surface area contributed by atoms with Gasteiger partial charge < -0.3 is 14.9 Å². The normalized spacial score (nSPS) is 17.1. The number of hydrogen-bond acceptors (Lipinski definition) is 3. The van der Waals surface area contributed by atoms with Crippen LogP contribution < -0.4 is 0 Å². The Morgan fingerprint density at radius 1 is 0.388 bits per heavy atom. The number of ether oxygens (including phenoxy) is 1. The molecule has 49 heavy (non-hydrogen) atoms. The molecule has 2 N–H and O–H groups in total. The van der Waals surface area contributed by atoms with Crippen LogP contribution in [-0.4, -0.2) is 107 Å². The Labute approximate surface area is 253 Å². The molecule has 0 aromatic heterocycles. The number of aliphatic hydroxyl groups excluding tert-OH is 2. The molecule has 0 aromatic carbocycles. The molecule has 1 atom stereocenters. The quantitative estimate of drug-likeness (QED) is 0.145. The molecule has 0 aliphatic rings. The Balaban J connectivity index is 6.80. The third-order valence-corrected chi connectivity index (χ3v) is 6.91. The van der Waals surface area contributed by atoms with Crippen LogP contribution in [0.2, 0.25) is 0 Å². The van der Waals surface area contributed by atoms with Crippen molar-refractivity contribution in [1.29, 1.82) is 0 Å². The summed E-state index contributed by atoms with van der Waals surface area (Å²) in [5.74, 6) is -80.5. The van der Waals surface area contributed by atoms with E-state index >= 15 is 0 Å². The molecular weight excluding hydrogens is 782 g/mol. The molecule has 0 amide bonds. The highest BCUT2D eigenvalue weighted by atomic mass is 19.4. The smallest absolute Gasteiger partial charge is 0.394 e. The average Bonchev–Trinajstić information content (AvgIpc) is 2.90. The van der Waals surface area contributed by atoms with Crippen LogP contribution in [0, 0.1) is 0 Å². The first-order valence-corrected chi connectivity index (χ1v) is 11.7. The monoisotopic (exact) mass is 798 g/mol. The van der Waals surface area contributed by atoms with Crippen LogP contribution >= 0.6 is 0 Å². The van der Waals surface area contributed by atoms with E-state index in [0.717, 1.165) is 0 Å². The van der Waals surface area contributed by atoms with E-state index in [4.69, 9.17) is 5.11 Å². The van der Waals surface area contributed by atoms with Gasteiger partial charge in [-0.25, -0.2) is 0 Å². The lowest BCUT2D eigenvalue weighted by Crippen LogP contribution is -2.70. The van der Waals surface area contributed by atoms with Gasteiger partial charge >= 0.3 is 71.6 Å². The fraction of sp³-hybridized carbons (Fsp3) is 1.00. The van der Waals surface area contributed by atoms with Gasteiger partial charge in [-0.2, -0.15) is 114 Å². The Hall–Kier alpha value is -1.94. The van der Waals surface area contributed by atoms with Crippen LogP contribution in [0.25, 0.3) is 0 Å². The lowest BCUT2D eigenvalue weighted by molar-refractivity contribution is -0.441. The van der Waals surface area contributed by atoms with Crippen LogP contribution in [0.15, 0.2) is 0 Å². The fourth-order valence-electron chi connectivity index (χ4n) is 3.62. The van der Waals surface area contributed by atoms with Crippen LogP contribution in [-0.2, 0) is 4.74 Å². The zero-order valence-electron chi connectivity index (χ0n) is 22.7.